The maximum atomic E-state index is 12.0. The van der Waals surface area contributed by atoms with E-state index in [0.29, 0.717) is 16.4 Å². The van der Waals surface area contributed by atoms with Gasteiger partial charge in [-0.25, -0.2) is 4.79 Å². The van der Waals surface area contributed by atoms with E-state index in [0.717, 1.165) is 17.8 Å². The molecule has 0 spiro atoms. The zero-order chi connectivity index (χ0) is 13.1. The van der Waals surface area contributed by atoms with Crippen molar-refractivity contribution in [1.82, 2.24) is 5.32 Å². The van der Waals surface area contributed by atoms with Gasteiger partial charge in [0, 0.05) is 6.61 Å². The highest BCUT2D eigenvalue weighted by Crippen LogP contribution is 2.19. The molecule has 1 N–H and O–H groups in total. The van der Waals surface area contributed by atoms with Crippen LogP contribution in [-0.4, -0.2) is 37.7 Å². The first-order valence-electron chi connectivity index (χ1n) is 5.72. The van der Waals surface area contributed by atoms with Crippen molar-refractivity contribution >= 4 is 23.2 Å². The summed E-state index contributed by atoms with van der Waals surface area (Å²) < 4.78 is 9.98. The van der Waals surface area contributed by atoms with Gasteiger partial charge in [-0.1, -0.05) is 0 Å². The molecule has 0 saturated carbocycles. The van der Waals surface area contributed by atoms with Crippen LogP contribution >= 0.6 is 11.3 Å². The fraction of sp³-hybridized carbons (Fsp3) is 0.500. The molecule has 18 heavy (non-hydrogen) atoms. The number of nitrogens with one attached hydrogen (secondary N) is 1. The second kappa shape index (κ2) is 5.49. The average Bonchev–Trinajstić information content (AvgIpc) is 2.98. The second-order valence-electron chi connectivity index (χ2n) is 4.10. The number of esters is 1. The van der Waals surface area contributed by atoms with Crippen LogP contribution in [0.4, 0.5) is 0 Å². The number of rotatable bonds is 3. The van der Waals surface area contributed by atoms with E-state index in [1.807, 2.05) is 6.92 Å². The van der Waals surface area contributed by atoms with Crippen LogP contribution in [0.2, 0.25) is 0 Å². The lowest BCUT2D eigenvalue weighted by molar-refractivity contribution is 0.0606. The Balaban J connectivity index is 2.00. The van der Waals surface area contributed by atoms with Crippen molar-refractivity contribution < 1.29 is 19.1 Å². The Morgan fingerprint density at radius 3 is 2.78 bits per heavy atom. The van der Waals surface area contributed by atoms with Gasteiger partial charge >= 0.3 is 5.97 Å². The fourth-order valence-electron chi connectivity index (χ4n) is 1.83. The van der Waals surface area contributed by atoms with Crippen molar-refractivity contribution in [1.29, 1.82) is 0 Å². The quantitative estimate of drug-likeness (QED) is 0.843. The smallest absolute Gasteiger partial charge is 0.348 e. The molecule has 2 heterocycles. The highest BCUT2D eigenvalue weighted by atomic mass is 32.1. The number of carbonyl (C=O) groups excluding carboxylic acids is 2. The van der Waals surface area contributed by atoms with Crippen LogP contribution in [0.15, 0.2) is 12.1 Å². The summed E-state index contributed by atoms with van der Waals surface area (Å²) in [4.78, 5) is 24.2. The molecular weight excluding hydrogens is 254 g/mol. The molecule has 0 unspecified atom stereocenters. The largest absolute Gasteiger partial charge is 0.465 e. The SMILES string of the molecule is COC(=O)c1ccc(C(=O)N[C@@H]2CCO[C@@H]2C)s1. The predicted octanol–water partition coefficient (Wildman–Crippen LogP) is 1.44. The predicted molar refractivity (Wildman–Crippen MR) is 66.9 cm³/mol. The van der Waals surface area contributed by atoms with Crippen LogP contribution in [0.5, 0.6) is 0 Å². The maximum Gasteiger partial charge on any atom is 0.348 e. The molecule has 2 atom stereocenters. The normalized spacial score (nSPS) is 22.8. The van der Waals surface area contributed by atoms with Crippen molar-refractivity contribution in [2.45, 2.75) is 25.5 Å². The third-order valence-electron chi connectivity index (χ3n) is 2.91. The lowest BCUT2D eigenvalue weighted by Crippen LogP contribution is -2.38. The van der Waals surface area contributed by atoms with Crippen LogP contribution in [-0.2, 0) is 9.47 Å². The van der Waals surface area contributed by atoms with Crippen molar-refractivity contribution in [2.75, 3.05) is 13.7 Å². The molecule has 1 aromatic rings. The van der Waals surface area contributed by atoms with Gasteiger partial charge in [-0.05, 0) is 25.5 Å². The summed E-state index contributed by atoms with van der Waals surface area (Å²) in [6.45, 7) is 2.61. The van der Waals surface area contributed by atoms with Crippen molar-refractivity contribution in [3.63, 3.8) is 0 Å². The van der Waals surface area contributed by atoms with Gasteiger partial charge in [0.05, 0.1) is 24.1 Å². The highest BCUT2D eigenvalue weighted by Gasteiger charge is 2.26. The van der Waals surface area contributed by atoms with Crippen LogP contribution in [0.1, 0.15) is 32.7 Å². The standard InChI is InChI=1S/C12H15NO4S/c1-7-8(5-6-17-7)13-11(14)9-3-4-10(18-9)12(15)16-2/h3-4,7-8H,5-6H2,1-2H3,(H,13,14)/t7-,8-/m1/s1. The molecule has 0 aromatic carbocycles. The van der Waals surface area contributed by atoms with Gasteiger partial charge in [-0.2, -0.15) is 0 Å². The minimum atomic E-state index is -0.420. The van der Waals surface area contributed by atoms with Gasteiger partial charge in [-0.3, -0.25) is 4.79 Å². The van der Waals surface area contributed by atoms with E-state index in [1.165, 1.54) is 7.11 Å². The van der Waals surface area contributed by atoms with Crippen molar-refractivity contribution in [2.24, 2.45) is 0 Å². The summed E-state index contributed by atoms with van der Waals surface area (Å²) >= 11 is 1.13. The summed E-state index contributed by atoms with van der Waals surface area (Å²) in [5.41, 5.74) is 0. The van der Waals surface area contributed by atoms with Crippen LogP contribution in [0.3, 0.4) is 0 Å². The number of hydrogen-bond donors (Lipinski definition) is 1. The molecule has 1 fully saturated rings. The number of ether oxygens (including phenoxy) is 2. The fourth-order valence-corrected chi connectivity index (χ4v) is 2.66. The minimum Gasteiger partial charge on any atom is -0.465 e. The Kier molecular flexibility index (Phi) is 3.98. The Hall–Kier alpha value is -1.40. The first-order valence-corrected chi connectivity index (χ1v) is 6.54. The van der Waals surface area contributed by atoms with Crippen molar-refractivity contribution in [3.8, 4) is 0 Å². The Bertz CT molecular complexity index is 457. The summed E-state index contributed by atoms with van der Waals surface area (Å²) in [5, 5.41) is 2.91. The molecule has 1 aliphatic heterocycles. The minimum absolute atomic E-state index is 0.0361. The van der Waals surface area contributed by atoms with Crippen LogP contribution in [0, 0.1) is 0 Å². The van der Waals surface area contributed by atoms with Crippen LogP contribution < -0.4 is 5.32 Å². The van der Waals surface area contributed by atoms with Crippen molar-refractivity contribution in [3.05, 3.63) is 21.9 Å². The van der Waals surface area contributed by atoms with Crippen LogP contribution in [0.25, 0.3) is 0 Å². The van der Waals surface area contributed by atoms with Gasteiger partial charge in [0.15, 0.2) is 0 Å². The highest BCUT2D eigenvalue weighted by molar-refractivity contribution is 7.15. The van der Waals surface area contributed by atoms with E-state index in [9.17, 15) is 9.59 Å². The van der Waals surface area contributed by atoms with Gasteiger partial charge in [0.1, 0.15) is 4.88 Å². The lowest BCUT2D eigenvalue weighted by Gasteiger charge is -2.15. The molecule has 5 nitrogen and oxygen atoms in total. The zero-order valence-electron chi connectivity index (χ0n) is 10.3. The lowest BCUT2D eigenvalue weighted by atomic mass is 10.1. The number of amides is 1. The number of thiophene rings is 1. The summed E-state index contributed by atoms with van der Waals surface area (Å²) in [5.74, 6) is -0.589. The van der Waals surface area contributed by atoms with Gasteiger partial charge in [0.2, 0.25) is 0 Å². The Morgan fingerprint density at radius 1 is 1.44 bits per heavy atom. The molecule has 0 aliphatic carbocycles. The summed E-state index contributed by atoms with van der Waals surface area (Å²) in [7, 11) is 1.32. The molecule has 0 radical (unpaired) electrons. The molecule has 0 bridgehead atoms. The summed E-state index contributed by atoms with van der Waals surface area (Å²) in [6, 6.07) is 3.27. The van der Waals surface area contributed by atoms with E-state index in [1.54, 1.807) is 12.1 Å². The number of hydrogen-bond acceptors (Lipinski definition) is 5. The van der Waals surface area contributed by atoms with E-state index in [2.05, 4.69) is 10.1 Å². The molecule has 2 rings (SSSR count). The molecule has 1 saturated heterocycles. The van der Waals surface area contributed by atoms with E-state index in [-0.39, 0.29) is 18.1 Å². The maximum absolute atomic E-state index is 12.0. The second-order valence-corrected chi connectivity index (χ2v) is 5.18. The van der Waals surface area contributed by atoms with E-state index >= 15 is 0 Å². The van der Waals surface area contributed by atoms with E-state index in [4.69, 9.17) is 4.74 Å². The molecule has 1 amide bonds. The summed E-state index contributed by atoms with van der Waals surface area (Å²) in [6.07, 6.45) is 0.858. The molecule has 6 heteroatoms. The number of carbonyl (C=O) groups is 2. The van der Waals surface area contributed by atoms with Gasteiger partial charge in [0.25, 0.3) is 5.91 Å². The first kappa shape index (κ1) is 13.0. The topological polar surface area (TPSA) is 64.6 Å². The van der Waals surface area contributed by atoms with Gasteiger partial charge < -0.3 is 14.8 Å². The molecular formula is C12H15NO4S. The van der Waals surface area contributed by atoms with E-state index < -0.39 is 5.97 Å². The monoisotopic (exact) mass is 269 g/mol. The average molecular weight is 269 g/mol. The molecule has 1 aliphatic rings. The molecule has 98 valence electrons. The first-order chi connectivity index (χ1) is 8.61. The Labute approximate surface area is 109 Å². The number of methoxy groups -OCH3 is 1. The molecule has 1 aromatic heterocycles. The van der Waals surface area contributed by atoms with Gasteiger partial charge in [-0.15, -0.1) is 11.3 Å². The zero-order valence-corrected chi connectivity index (χ0v) is 11.1. The Morgan fingerprint density at radius 2 is 2.17 bits per heavy atom. The third-order valence-corrected chi connectivity index (χ3v) is 3.97. The third kappa shape index (κ3) is 2.70.